The lowest BCUT2D eigenvalue weighted by atomic mass is 10.0. The first kappa shape index (κ1) is 17.9. The van der Waals surface area contributed by atoms with E-state index < -0.39 is 0 Å². The van der Waals surface area contributed by atoms with Gasteiger partial charge in [-0.3, -0.25) is 4.79 Å². The van der Waals surface area contributed by atoms with E-state index in [1.54, 1.807) is 0 Å². The topological polar surface area (TPSA) is 25.2 Å². The predicted molar refractivity (Wildman–Crippen MR) is 109 cm³/mol. The summed E-state index contributed by atoms with van der Waals surface area (Å²) in [6.07, 6.45) is 4.01. The van der Waals surface area contributed by atoms with Gasteiger partial charge in [0.05, 0.1) is 6.04 Å². The SMILES string of the molecule is CCc1ccc(C(=O)N2CCCn3cccc3C2c2ccc(Cl)cc2)cc1. The van der Waals surface area contributed by atoms with E-state index in [-0.39, 0.29) is 11.9 Å². The normalized spacial score (nSPS) is 16.7. The lowest BCUT2D eigenvalue weighted by molar-refractivity contribution is 0.0709. The quantitative estimate of drug-likeness (QED) is 0.604. The second kappa shape index (κ2) is 7.61. The zero-order valence-corrected chi connectivity index (χ0v) is 16.2. The summed E-state index contributed by atoms with van der Waals surface area (Å²) in [5.74, 6) is 0.0762. The van der Waals surface area contributed by atoms with Gasteiger partial charge >= 0.3 is 0 Å². The molecule has 1 aliphatic rings. The van der Waals surface area contributed by atoms with Crippen molar-refractivity contribution in [2.75, 3.05) is 6.54 Å². The van der Waals surface area contributed by atoms with Crippen molar-refractivity contribution in [2.45, 2.75) is 32.4 Å². The minimum atomic E-state index is -0.113. The van der Waals surface area contributed by atoms with Crippen molar-refractivity contribution < 1.29 is 4.79 Å². The fourth-order valence-corrected chi connectivity index (χ4v) is 3.97. The van der Waals surface area contributed by atoms with Gasteiger partial charge in [0.15, 0.2) is 0 Å². The number of amides is 1. The van der Waals surface area contributed by atoms with Crippen LogP contribution < -0.4 is 0 Å². The highest BCUT2D eigenvalue weighted by atomic mass is 35.5. The Hall–Kier alpha value is -2.52. The summed E-state index contributed by atoms with van der Waals surface area (Å²) in [6.45, 7) is 3.77. The lowest BCUT2D eigenvalue weighted by Crippen LogP contribution is -2.35. The zero-order chi connectivity index (χ0) is 18.8. The van der Waals surface area contributed by atoms with E-state index in [0.717, 1.165) is 42.8 Å². The highest BCUT2D eigenvalue weighted by Crippen LogP contribution is 2.33. The Labute approximate surface area is 165 Å². The second-order valence-electron chi connectivity index (χ2n) is 6.98. The monoisotopic (exact) mass is 378 g/mol. The summed E-state index contributed by atoms with van der Waals surface area (Å²) in [5.41, 5.74) is 4.21. The fourth-order valence-electron chi connectivity index (χ4n) is 3.84. The van der Waals surface area contributed by atoms with Crippen LogP contribution in [-0.4, -0.2) is 21.9 Å². The average Bonchev–Trinajstić information content (AvgIpc) is 3.08. The number of aryl methyl sites for hydroxylation is 2. The van der Waals surface area contributed by atoms with Crippen LogP contribution >= 0.6 is 11.6 Å². The molecule has 2 aromatic carbocycles. The van der Waals surface area contributed by atoms with E-state index in [2.05, 4.69) is 29.8 Å². The fraction of sp³-hybridized carbons (Fsp3) is 0.261. The van der Waals surface area contributed by atoms with Crippen LogP contribution in [0.5, 0.6) is 0 Å². The zero-order valence-electron chi connectivity index (χ0n) is 15.4. The number of carbonyl (C=O) groups is 1. The average molecular weight is 379 g/mol. The number of hydrogen-bond donors (Lipinski definition) is 0. The molecule has 0 N–H and O–H groups in total. The molecular formula is C23H23ClN2O. The molecular weight excluding hydrogens is 356 g/mol. The van der Waals surface area contributed by atoms with Crippen molar-refractivity contribution in [3.63, 3.8) is 0 Å². The van der Waals surface area contributed by atoms with Crippen LogP contribution in [0.15, 0.2) is 66.9 Å². The smallest absolute Gasteiger partial charge is 0.254 e. The van der Waals surface area contributed by atoms with Gasteiger partial charge in [-0.2, -0.15) is 0 Å². The molecule has 1 aromatic heterocycles. The van der Waals surface area contributed by atoms with Crippen LogP contribution in [0.4, 0.5) is 0 Å². The highest BCUT2D eigenvalue weighted by molar-refractivity contribution is 6.30. The molecule has 0 saturated heterocycles. The summed E-state index contributed by atoms with van der Waals surface area (Å²) in [4.78, 5) is 15.4. The third-order valence-electron chi connectivity index (χ3n) is 5.31. The second-order valence-corrected chi connectivity index (χ2v) is 7.42. The maximum Gasteiger partial charge on any atom is 0.254 e. The van der Waals surface area contributed by atoms with E-state index in [9.17, 15) is 4.79 Å². The highest BCUT2D eigenvalue weighted by Gasteiger charge is 2.31. The first-order valence-corrected chi connectivity index (χ1v) is 9.85. The molecule has 0 saturated carbocycles. The summed E-state index contributed by atoms with van der Waals surface area (Å²) in [6, 6.07) is 19.9. The van der Waals surface area contributed by atoms with Gasteiger partial charge in [0.25, 0.3) is 5.91 Å². The Morgan fingerprint density at radius 1 is 1.04 bits per heavy atom. The molecule has 4 rings (SSSR count). The summed E-state index contributed by atoms with van der Waals surface area (Å²) < 4.78 is 2.26. The molecule has 1 unspecified atom stereocenters. The molecule has 2 heterocycles. The number of benzene rings is 2. The summed E-state index contributed by atoms with van der Waals surface area (Å²) in [5, 5.41) is 0.704. The van der Waals surface area contributed by atoms with Gasteiger partial charge in [0.2, 0.25) is 0 Å². The minimum absolute atomic E-state index is 0.0762. The van der Waals surface area contributed by atoms with Crippen LogP contribution in [0.1, 0.15) is 46.6 Å². The van der Waals surface area contributed by atoms with Crippen LogP contribution in [0, 0.1) is 0 Å². The standard InChI is InChI=1S/C23H23ClN2O/c1-2-17-6-8-19(9-7-17)23(27)26-16-4-15-25-14-3-5-21(25)22(26)18-10-12-20(24)13-11-18/h3,5-14,22H,2,4,15-16H2,1H3. The number of halogens is 1. The van der Waals surface area contributed by atoms with Gasteiger partial charge < -0.3 is 9.47 Å². The molecule has 3 aromatic rings. The largest absolute Gasteiger partial charge is 0.349 e. The molecule has 0 aliphatic carbocycles. The Morgan fingerprint density at radius 3 is 2.48 bits per heavy atom. The van der Waals surface area contributed by atoms with Gasteiger partial charge in [0.1, 0.15) is 0 Å². The van der Waals surface area contributed by atoms with Gasteiger partial charge in [-0.1, -0.05) is 42.8 Å². The number of aromatic nitrogens is 1. The summed E-state index contributed by atoms with van der Waals surface area (Å²) >= 11 is 6.10. The molecule has 1 aliphatic heterocycles. The van der Waals surface area contributed by atoms with E-state index in [1.165, 1.54) is 5.56 Å². The Kier molecular flexibility index (Phi) is 5.04. The Morgan fingerprint density at radius 2 is 1.78 bits per heavy atom. The number of hydrogen-bond acceptors (Lipinski definition) is 1. The molecule has 0 fully saturated rings. The van der Waals surface area contributed by atoms with Gasteiger partial charge in [-0.05, 0) is 60.4 Å². The molecule has 138 valence electrons. The van der Waals surface area contributed by atoms with Crippen LogP contribution in [0.2, 0.25) is 5.02 Å². The minimum Gasteiger partial charge on any atom is -0.349 e. The van der Waals surface area contributed by atoms with E-state index in [4.69, 9.17) is 11.6 Å². The van der Waals surface area contributed by atoms with Crippen molar-refractivity contribution in [2.24, 2.45) is 0 Å². The van der Waals surface area contributed by atoms with Crippen molar-refractivity contribution in [3.05, 3.63) is 94.3 Å². The Bertz CT molecular complexity index is 928. The van der Waals surface area contributed by atoms with Crippen LogP contribution in [0.3, 0.4) is 0 Å². The van der Waals surface area contributed by atoms with Crippen molar-refractivity contribution in [1.29, 1.82) is 0 Å². The predicted octanol–water partition coefficient (Wildman–Crippen LogP) is 5.34. The first-order valence-electron chi connectivity index (χ1n) is 9.48. The van der Waals surface area contributed by atoms with Gasteiger partial charge in [-0.15, -0.1) is 0 Å². The van der Waals surface area contributed by atoms with E-state index in [1.807, 2.05) is 53.4 Å². The van der Waals surface area contributed by atoms with Crippen molar-refractivity contribution >= 4 is 17.5 Å². The molecule has 1 atom stereocenters. The molecule has 4 heteroatoms. The van der Waals surface area contributed by atoms with Gasteiger partial charge in [-0.25, -0.2) is 0 Å². The third-order valence-corrected chi connectivity index (χ3v) is 5.56. The molecule has 27 heavy (non-hydrogen) atoms. The van der Waals surface area contributed by atoms with E-state index >= 15 is 0 Å². The maximum atomic E-state index is 13.4. The first-order chi connectivity index (χ1) is 13.2. The van der Waals surface area contributed by atoms with Crippen LogP contribution in [-0.2, 0) is 13.0 Å². The molecule has 1 amide bonds. The molecule has 0 spiro atoms. The van der Waals surface area contributed by atoms with Crippen molar-refractivity contribution in [1.82, 2.24) is 9.47 Å². The van der Waals surface area contributed by atoms with Crippen LogP contribution in [0.25, 0.3) is 0 Å². The number of carbonyl (C=O) groups excluding carboxylic acids is 1. The number of nitrogens with zero attached hydrogens (tertiary/aromatic N) is 2. The molecule has 0 bridgehead atoms. The third kappa shape index (κ3) is 3.52. The van der Waals surface area contributed by atoms with Gasteiger partial charge in [0, 0.05) is 35.6 Å². The summed E-state index contributed by atoms with van der Waals surface area (Å²) in [7, 11) is 0. The van der Waals surface area contributed by atoms with E-state index in [0.29, 0.717) is 5.02 Å². The Balaban J connectivity index is 1.76. The lowest BCUT2D eigenvalue weighted by Gasteiger charge is -2.31. The maximum absolute atomic E-state index is 13.4. The number of rotatable bonds is 3. The molecule has 0 radical (unpaired) electrons. The van der Waals surface area contributed by atoms with Crippen molar-refractivity contribution in [3.8, 4) is 0 Å². The number of fused-ring (bicyclic) bond motifs is 1. The molecule has 3 nitrogen and oxygen atoms in total.